The van der Waals surface area contributed by atoms with Crippen molar-refractivity contribution in [1.29, 1.82) is 0 Å². The molecule has 12 rings (SSSR count). The maximum atomic E-state index is 7.30. The van der Waals surface area contributed by atoms with Crippen LogP contribution in [0.2, 0.25) is 0 Å². The van der Waals surface area contributed by atoms with Gasteiger partial charge in [-0.3, -0.25) is 0 Å². The molecule has 10 aromatic rings. The van der Waals surface area contributed by atoms with Crippen molar-refractivity contribution < 1.29 is 4.74 Å². The number of ether oxygens (including phenoxy) is 1. The summed E-state index contributed by atoms with van der Waals surface area (Å²) < 4.78 is 7.30. The zero-order chi connectivity index (χ0) is 42.8. The SMILES string of the molecule is CC1(C)c2ccccc2-c2cc3c(cc21)Oc1ccccc1-c1ccccc1-c1ccccc1-c1ccc(-c2nc(-c4ccccc4)nc(-c4ccc(-c5ccccc5)cc4)n2)cc1-3. The summed E-state index contributed by atoms with van der Waals surface area (Å²) in [5.74, 6) is 3.41. The molecule has 2 aliphatic rings. The number of hydrogen-bond acceptors (Lipinski definition) is 4. The lowest BCUT2D eigenvalue weighted by molar-refractivity contribution is 0.484. The second kappa shape index (κ2) is 15.0. The van der Waals surface area contributed by atoms with Crippen LogP contribution in [-0.2, 0) is 5.41 Å². The van der Waals surface area contributed by atoms with E-state index in [-0.39, 0.29) is 5.41 Å². The fourth-order valence-electron chi connectivity index (χ4n) is 9.76. The summed E-state index contributed by atoms with van der Waals surface area (Å²) >= 11 is 0. The summed E-state index contributed by atoms with van der Waals surface area (Å²) in [5, 5.41) is 0. The van der Waals surface area contributed by atoms with Gasteiger partial charge >= 0.3 is 0 Å². The zero-order valence-corrected chi connectivity index (χ0v) is 35.5. The summed E-state index contributed by atoms with van der Waals surface area (Å²) in [7, 11) is 0. The first-order chi connectivity index (χ1) is 31.5. The van der Waals surface area contributed by atoms with E-state index in [1.807, 2.05) is 24.3 Å². The minimum atomic E-state index is -0.228. The summed E-state index contributed by atoms with van der Waals surface area (Å²) in [5.41, 5.74) is 18.5. The van der Waals surface area contributed by atoms with Crippen LogP contribution < -0.4 is 4.74 Å². The van der Waals surface area contributed by atoms with Crippen LogP contribution in [0.15, 0.2) is 212 Å². The number of para-hydroxylation sites is 1. The maximum Gasteiger partial charge on any atom is 0.164 e. The molecule has 4 nitrogen and oxygen atoms in total. The molecule has 0 N–H and O–H groups in total. The number of hydrogen-bond donors (Lipinski definition) is 0. The molecule has 1 aliphatic carbocycles. The molecule has 0 spiro atoms. The van der Waals surface area contributed by atoms with Crippen molar-refractivity contribution in [2.24, 2.45) is 0 Å². The second-order valence-corrected chi connectivity index (χ2v) is 17.1. The van der Waals surface area contributed by atoms with Gasteiger partial charge in [-0.25, -0.2) is 15.0 Å². The number of rotatable bonds is 4. The normalized spacial score (nSPS) is 12.8. The van der Waals surface area contributed by atoms with Gasteiger partial charge in [0.2, 0.25) is 0 Å². The Bertz CT molecular complexity index is 3430. The summed E-state index contributed by atoms with van der Waals surface area (Å²) in [6.45, 7) is 4.64. The first kappa shape index (κ1) is 37.5. The monoisotopic (exact) mass is 819 g/mol. The Morgan fingerprint density at radius 2 is 0.719 bits per heavy atom. The predicted molar refractivity (Wildman–Crippen MR) is 261 cm³/mol. The van der Waals surface area contributed by atoms with Crippen LogP contribution in [0.25, 0.3) is 101 Å². The van der Waals surface area contributed by atoms with Gasteiger partial charge in [-0.2, -0.15) is 0 Å². The van der Waals surface area contributed by atoms with E-state index in [2.05, 4.69) is 202 Å². The van der Waals surface area contributed by atoms with Gasteiger partial charge in [0.05, 0.1) is 0 Å². The molecule has 302 valence electrons. The van der Waals surface area contributed by atoms with Crippen molar-refractivity contribution in [3.05, 3.63) is 223 Å². The highest BCUT2D eigenvalue weighted by Gasteiger charge is 2.37. The van der Waals surface area contributed by atoms with Crippen molar-refractivity contribution >= 4 is 0 Å². The summed E-state index contributed by atoms with van der Waals surface area (Å²) in [6.07, 6.45) is 0. The molecule has 1 aliphatic heterocycles. The maximum absolute atomic E-state index is 7.30. The molecule has 2 heterocycles. The lowest BCUT2D eigenvalue weighted by Gasteiger charge is -2.24. The minimum absolute atomic E-state index is 0.228. The molecule has 0 amide bonds. The van der Waals surface area contributed by atoms with E-state index >= 15 is 0 Å². The van der Waals surface area contributed by atoms with Crippen LogP contribution in [0.1, 0.15) is 25.0 Å². The Hall–Kier alpha value is -8.21. The van der Waals surface area contributed by atoms with Crippen molar-refractivity contribution in [3.8, 4) is 112 Å². The van der Waals surface area contributed by atoms with Crippen LogP contribution in [-0.4, -0.2) is 15.0 Å². The fourth-order valence-corrected chi connectivity index (χ4v) is 9.76. The molecule has 0 atom stereocenters. The molecule has 0 saturated carbocycles. The smallest absolute Gasteiger partial charge is 0.164 e. The van der Waals surface area contributed by atoms with Gasteiger partial charge in [0.1, 0.15) is 11.5 Å². The van der Waals surface area contributed by atoms with Crippen LogP contribution in [0.5, 0.6) is 11.5 Å². The number of nitrogens with zero attached hydrogens (tertiary/aromatic N) is 3. The molecule has 64 heavy (non-hydrogen) atoms. The third-order valence-corrected chi connectivity index (χ3v) is 13.0. The Balaban J connectivity index is 1.13. The largest absolute Gasteiger partial charge is 0.456 e. The molecular weight excluding hydrogens is 779 g/mol. The average molecular weight is 820 g/mol. The van der Waals surface area contributed by atoms with E-state index < -0.39 is 0 Å². The molecular formula is C60H41N3O. The van der Waals surface area contributed by atoms with E-state index in [9.17, 15) is 0 Å². The molecule has 0 fully saturated rings. The average Bonchev–Trinajstić information content (AvgIpc) is 3.58. The van der Waals surface area contributed by atoms with Crippen LogP contribution in [0.3, 0.4) is 0 Å². The van der Waals surface area contributed by atoms with Crippen LogP contribution in [0, 0.1) is 0 Å². The third kappa shape index (κ3) is 6.26. The van der Waals surface area contributed by atoms with Gasteiger partial charge in [-0.1, -0.05) is 202 Å². The van der Waals surface area contributed by atoms with E-state index in [0.717, 1.165) is 83.8 Å². The quantitative estimate of drug-likeness (QED) is 0.177. The van der Waals surface area contributed by atoms with Gasteiger partial charge in [0.15, 0.2) is 17.5 Å². The molecule has 0 saturated heterocycles. The lowest BCUT2D eigenvalue weighted by atomic mass is 9.81. The van der Waals surface area contributed by atoms with Crippen LogP contribution >= 0.6 is 0 Å². The molecule has 9 aromatic carbocycles. The second-order valence-electron chi connectivity index (χ2n) is 17.1. The highest BCUT2D eigenvalue weighted by atomic mass is 16.5. The van der Waals surface area contributed by atoms with Crippen molar-refractivity contribution in [2.75, 3.05) is 0 Å². The molecule has 0 unspecified atom stereocenters. The standard InChI is InChI=1S/C60H41N3O/c1-60(2)53-27-15-13-25-48(53)51-36-52-50-35-42(59-62-57(40-19-7-4-8-20-40)61-58(63-59)41-31-29-39(30-32-41)38-17-5-3-6-18-38)33-34-47(50)45-23-10-9-21-43(45)44-22-11-12-24-46(44)49-26-14-16-28-55(49)64-56(52)37-54(51)60/h3-37H,1-2H3. The van der Waals surface area contributed by atoms with Crippen molar-refractivity contribution in [3.63, 3.8) is 0 Å². The Morgan fingerprint density at radius 3 is 1.36 bits per heavy atom. The first-order valence-corrected chi connectivity index (χ1v) is 21.8. The predicted octanol–water partition coefficient (Wildman–Crippen LogP) is 15.6. The third-order valence-electron chi connectivity index (χ3n) is 13.0. The molecule has 0 bridgehead atoms. The van der Waals surface area contributed by atoms with Gasteiger partial charge < -0.3 is 4.74 Å². The summed E-state index contributed by atoms with van der Waals surface area (Å²) in [4.78, 5) is 15.6. The Kier molecular flexibility index (Phi) is 8.80. The highest BCUT2D eigenvalue weighted by Crippen LogP contribution is 2.55. The van der Waals surface area contributed by atoms with E-state index in [1.54, 1.807) is 0 Å². The van der Waals surface area contributed by atoms with Crippen molar-refractivity contribution in [2.45, 2.75) is 19.3 Å². The molecule has 1 aromatic heterocycles. The van der Waals surface area contributed by atoms with Gasteiger partial charge in [-0.15, -0.1) is 0 Å². The number of aromatic nitrogens is 3. The molecule has 0 radical (unpaired) electrons. The number of benzene rings is 9. The first-order valence-electron chi connectivity index (χ1n) is 21.8. The summed E-state index contributed by atoms with van der Waals surface area (Å²) in [6, 6.07) is 75.0. The zero-order valence-electron chi connectivity index (χ0n) is 35.5. The highest BCUT2D eigenvalue weighted by molar-refractivity contribution is 6.00. The van der Waals surface area contributed by atoms with E-state index in [0.29, 0.717) is 17.5 Å². The van der Waals surface area contributed by atoms with Crippen LogP contribution in [0.4, 0.5) is 0 Å². The molecule has 4 heteroatoms. The Labute approximate surface area is 373 Å². The fraction of sp³-hybridized carbons (Fsp3) is 0.0500. The van der Waals surface area contributed by atoms with Gasteiger partial charge in [0.25, 0.3) is 0 Å². The van der Waals surface area contributed by atoms with Gasteiger partial charge in [-0.05, 0) is 91.0 Å². The van der Waals surface area contributed by atoms with Crippen molar-refractivity contribution in [1.82, 2.24) is 15.0 Å². The van der Waals surface area contributed by atoms with E-state index in [1.165, 1.54) is 22.3 Å². The lowest BCUT2D eigenvalue weighted by Crippen LogP contribution is -2.15. The number of fused-ring (bicyclic) bond motifs is 12. The topological polar surface area (TPSA) is 47.9 Å². The Morgan fingerprint density at radius 1 is 0.281 bits per heavy atom. The van der Waals surface area contributed by atoms with E-state index in [4.69, 9.17) is 19.7 Å². The minimum Gasteiger partial charge on any atom is -0.456 e. The van der Waals surface area contributed by atoms with Gasteiger partial charge in [0, 0.05) is 33.2 Å².